The second-order valence-electron chi connectivity index (χ2n) is 7.60. The number of fused-ring (bicyclic) bond motifs is 1. The zero-order chi connectivity index (χ0) is 25.1. The van der Waals surface area contributed by atoms with Crippen LogP contribution in [0.15, 0.2) is 70.3 Å². The summed E-state index contributed by atoms with van der Waals surface area (Å²) < 4.78 is 16.2. The van der Waals surface area contributed by atoms with Crippen LogP contribution in [0.25, 0.3) is 33.9 Å². The highest BCUT2D eigenvalue weighted by Gasteiger charge is 2.13. The van der Waals surface area contributed by atoms with E-state index in [0.717, 1.165) is 39.7 Å². The molecule has 0 atom stereocenters. The average Bonchev–Trinajstić information content (AvgIpc) is 3.54. The number of H-pyrrole nitrogens is 1. The van der Waals surface area contributed by atoms with Crippen LogP contribution in [0.5, 0.6) is 11.5 Å². The number of thioether (sulfide) groups is 1. The van der Waals surface area contributed by atoms with E-state index >= 15 is 0 Å². The van der Waals surface area contributed by atoms with Crippen molar-refractivity contribution in [2.24, 2.45) is 0 Å². The van der Waals surface area contributed by atoms with E-state index in [1.165, 1.54) is 7.11 Å². The number of ether oxygens (including phenoxy) is 2. The van der Waals surface area contributed by atoms with Gasteiger partial charge in [-0.2, -0.15) is 0 Å². The Kier molecular flexibility index (Phi) is 6.79. The molecule has 0 radical (unpaired) electrons. The fraction of sp³-hybridized carbons (Fsp3) is 0.120. The average molecular weight is 522 g/mol. The van der Waals surface area contributed by atoms with Gasteiger partial charge in [-0.05, 0) is 42.5 Å². The molecule has 0 bridgehead atoms. The Balaban J connectivity index is 1.21. The number of nitrogens with one attached hydrogen (secondary N) is 2. The smallest absolute Gasteiger partial charge is 0.277 e. The van der Waals surface area contributed by atoms with Crippen LogP contribution in [0.4, 0.5) is 5.69 Å². The van der Waals surface area contributed by atoms with Crippen LogP contribution in [-0.2, 0) is 4.79 Å². The molecule has 0 spiro atoms. The van der Waals surface area contributed by atoms with Crippen LogP contribution >= 0.6 is 23.4 Å². The van der Waals surface area contributed by atoms with Crippen molar-refractivity contribution < 1.29 is 18.7 Å². The van der Waals surface area contributed by atoms with Gasteiger partial charge in [-0.3, -0.25) is 4.79 Å². The Hall–Kier alpha value is -4.02. The number of hydrogen-bond donors (Lipinski definition) is 2. The minimum atomic E-state index is -0.219. The SMILES string of the molecule is COc1ccc(NC(=O)CSc2nnc(-c3ccc(-c4nc5ccc(Cl)cc5[nH]4)cc3)o2)cc1OC. The maximum absolute atomic E-state index is 12.4. The number of aromatic nitrogens is 4. The maximum atomic E-state index is 12.4. The van der Waals surface area contributed by atoms with Gasteiger partial charge in [0.25, 0.3) is 5.22 Å². The van der Waals surface area contributed by atoms with Crippen LogP contribution in [0.2, 0.25) is 5.02 Å². The topological polar surface area (TPSA) is 115 Å². The van der Waals surface area contributed by atoms with Crippen molar-refractivity contribution in [3.63, 3.8) is 0 Å². The number of imidazole rings is 1. The molecule has 2 aromatic heterocycles. The summed E-state index contributed by atoms with van der Waals surface area (Å²) in [4.78, 5) is 20.2. The highest BCUT2D eigenvalue weighted by atomic mass is 35.5. The van der Waals surface area contributed by atoms with Crippen LogP contribution in [0, 0.1) is 0 Å². The zero-order valence-electron chi connectivity index (χ0n) is 19.2. The molecule has 2 N–H and O–H groups in total. The first kappa shape index (κ1) is 23.7. The van der Waals surface area contributed by atoms with Crippen LogP contribution in [-0.4, -0.2) is 46.0 Å². The molecular formula is C25H20ClN5O4S. The number of methoxy groups -OCH3 is 2. The second kappa shape index (κ2) is 10.3. The van der Waals surface area contributed by atoms with Gasteiger partial charge in [0.05, 0.1) is 31.0 Å². The summed E-state index contributed by atoms with van der Waals surface area (Å²) in [7, 11) is 3.09. The predicted octanol–water partition coefficient (Wildman–Crippen LogP) is 5.68. The fourth-order valence-corrected chi connectivity index (χ4v) is 4.25. The molecule has 182 valence electrons. The lowest BCUT2D eigenvalue weighted by atomic mass is 10.1. The van der Waals surface area contributed by atoms with Crippen LogP contribution in [0.1, 0.15) is 0 Å². The van der Waals surface area contributed by atoms with E-state index in [0.29, 0.717) is 33.3 Å². The third-order valence-corrected chi connectivity index (χ3v) is 6.30. The highest BCUT2D eigenvalue weighted by molar-refractivity contribution is 7.99. The van der Waals surface area contributed by atoms with Gasteiger partial charge in [0.15, 0.2) is 11.5 Å². The normalized spacial score (nSPS) is 11.0. The maximum Gasteiger partial charge on any atom is 0.277 e. The summed E-state index contributed by atoms with van der Waals surface area (Å²) in [5, 5.41) is 11.9. The number of rotatable bonds is 8. The molecule has 0 saturated heterocycles. The van der Waals surface area contributed by atoms with E-state index in [4.69, 9.17) is 25.5 Å². The van der Waals surface area contributed by atoms with Crippen molar-refractivity contribution >= 4 is 46.0 Å². The number of halogens is 1. The summed E-state index contributed by atoms with van der Waals surface area (Å²) >= 11 is 7.21. The number of nitrogens with zero attached hydrogens (tertiary/aromatic N) is 3. The molecule has 0 saturated carbocycles. The molecule has 0 unspecified atom stereocenters. The summed E-state index contributed by atoms with van der Waals surface area (Å²) in [6.45, 7) is 0. The third-order valence-electron chi connectivity index (χ3n) is 5.25. The predicted molar refractivity (Wildman–Crippen MR) is 139 cm³/mol. The van der Waals surface area contributed by atoms with Gasteiger partial charge in [0.2, 0.25) is 11.8 Å². The number of carbonyl (C=O) groups excluding carboxylic acids is 1. The minimum absolute atomic E-state index is 0.102. The van der Waals surface area contributed by atoms with Gasteiger partial charge in [-0.15, -0.1) is 10.2 Å². The lowest BCUT2D eigenvalue weighted by molar-refractivity contribution is -0.113. The van der Waals surface area contributed by atoms with Crippen LogP contribution < -0.4 is 14.8 Å². The molecule has 0 aliphatic heterocycles. The summed E-state index contributed by atoms with van der Waals surface area (Å²) in [6, 6.07) is 18.3. The molecule has 1 amide bonds. The second-order valence-corrected chi connectivity index (χ2v) is 8.97. The summed E-state index contributed by atoms with van der Waals surface area (Å²) in [5.74, 6) is 2.09. The van der Waals surface area contributed by atoms with Crippen LogP contribution in [0.3, 0.4) is 0 Å². The monoisotopic (exact) mass is 521 g/mol. The fourth-order valence-electron chi connectivity index (χ4n) is 3.51. The van der Waals surface area contributed by atoms with Crippen molar-refractivity contribution in [3.8, 4) is 34.3 Å². The molecule has 11 heteroatoms. The molecule has 5 aromatic rings. The van der Waals surface area contributed by atoms with E-state index in [9.17, 15) is 4.79 Å². The largest absolute Gasteiger partial charge is 0.493 e. The van der Waals surface area contributed by atoms with Gasteiger partial charge in [0.1, 0.15) is 5.82 Å². The Morgan fingerprint density at radius 2 is 1.78 bits per heavy atom. The van der Waals surface area contributed by atoms with Crippen molar-refractivity contribution in [2.75, 3.05) is 25.3 Å². The number of aromatic amines is 1. The number of anilines is 1. The first-order chi connectivity index (χ1) is 17.5. The lowest BCUT2D eigenvalue weighted by Crippen LogP contribution is -2.14. The molecule has 5 rings (SSSR count). The van der Waals surface area contributed by atoms with E-state index in [1.54, 1.807) is 25.3 Å². The van der Waals surface area contributed by atoms with Gasteiger partial charge < -0.3 is 24.2 Å². The number of carbonyl (C=O) groups is 1. The summed E-state index contributed by atoms with van der Waals surface area (Å²) in [5.41, 5.74) is 3.97. The highest BCUT2D eigenvalue weighted by Crippen LogP contribution is 2.30. The van der Waals surface area contributed by atoms with Crippen molar-refractivity contribution in [1.82, 2.24) is 20.2 Å². The Bertz CT molecular complexity index is 1530. The Morgan fingerprint density at radius 3 is 2.56 bits per heavy atom. The van der Waals surface area contributed by atoms with Gasteiger partial charge in [-0.1, -0.05) is 35.5 Å². The Morgan fingerprint density at radius 1 is 1.00 bits per heavy atom. The first-order valence-corrected chi connectivity index (χ1v) is 12.1. The molecule has 3 aromatic carbocycles. The molecule has 36 heavy (non-hydrogen) atoms. The van der Waals surface area contributed by atoms with E-state index in [1.807, 2.05) is 42.5 Å². The Labute approximate surface area is 215 Å². The number of amides is 1. The van der Waals surface area contributed by atoms with E-state index in [-0.39, 0.29) is 11.7 Å². The molecule has 0 aliphatic rings. The number of hydrogen-bond acceptors (Lipinski definition) is 8. The van der Waals surface area contributed by atoms with Crippen molar-refractivity contribution in [2.45, 2.75) is 5.22 Å². The lowest BCUT2D eigenvalue weighted by Gasteiger charge is -2.10. The quantitative estimate of drug-likeness (QED) is 0.250. The molecule has 0 aliphatic carbocycles. The third kappa shape index (κ3) is 5.14. The first-order valence-electron chi connectivity index (χ1n) is 10.8. The van der Waals surface area contributed by atoms with Crippen molar-refractivity contribution in [3.05, 3.63) is 65.7 Å². The van der Waals surface area contributed by atoms with E-state index in [2.05, 4.69) is 25.5 Å². The molecule has 2 heterocycles. The minimum Gasteiger partial charge on any atom is -0.493 e. The molecule has 9 nitrogen and oxygen atoms in total. The molecular weight excluding hydrogens is 502 g/mol. The standard InChI is InChI=1S/C25H20ClN5O4S/c1-33-20-10-8-17(12-21(20)34-2)27-22(32)13-36-25-31-30-24(35-25)15-5-3-14(4-6-15)23-28-18-9-7-16(26)11-19(18)29-23/h3-12H,13H2,1-2H3,(H,27,32)(H,28,29). The van der Waals surface area contributed by atoms with Gasteiger partial charge in [-0.25, -0.2) is 4.98 Å². The summed E-state index contributed by atoms with van der Waals surface area (Å²) in [6.07, 6.45) is 0. The molecule has 0 fully saturated rings. The zero-order valence-corrected chi connectivity index (χ0v) is 20.8. The van der Waals surface area contributed by atoms with Gasteiger partial charge >= 0.3 is 0 Å². The van der Waals surface area contributed by atoms with Crippen molar-refractivity contribution in [1.29, 1.82) is 0 Å². The van der Waals surface area contributed by atoms with Gasteiger partial charge in [0, 0.05) is 27.9 Å². The van der Waals surface area contributed by atoms with E-state index < -0.39 is 0 Å². The number of benzene rings is 3.